The smallest absolute Gasteiger partial charge is 0.117 e. The van der Waals surface area contributed by atoms with Gasteiger partial charge in [0.2, 0.25) is 0 Å². The molecule has 0 fully saturated rings. The number of hydroxylamine groups is 1. The molecule has 0 bridgehead atoms. The Morgan fingerprint density at radius 1 is 1.23 bits per heavy atom. The first-order chi connectivity index (χ1) is 10.8. The monoisotopic (exact) mass is 300 g/mol. The van der Waals surface area contributed by atoms with E-state index in [-0.39, 0.29) is 0 Å². The van der Waals surface area contributed by atoms with Crippen LogP contribution < -0.4 is 5.06 Å². The van der Waals surface area contributed by atoms with Crippen LogP contribution in [-0.2, 0) is 17.7 Å². The maximum Gasteiger partial charge on any atom is 0.117 e. The van der Waals surface area contributed by atoms with E-state index in [1.807, 2.05) is 5.06 Å². The van der Waals surface area contributed by atoms with E-state index in [9.17, 15) is 0 Å². The Labute approximate surface area is 134 Å². The van der Waals surface area contributed by atoms with Crippen molar-refractivity contribution in [2.45, 2.75) is 52.0 Å². The largest absolute Gasteiger partial charge is 0.387 e. The molecular weight excluding hydrogens is 272 g/mol. The molecule has 0 radical (unpaired) electrons. The minimum absolute atomic E-state index is 0.684. The summed E-state index contributed by atoms with van der Waals surface area (Å²) < 4.78 is 0. The van der Waals surface area contributed by atoms with Gasteiger partial charge in [0.1, 0.15) is 6.26 Å². The summed E-state index contributed by atoms with van der Waals surface area (Å²) in [5.74, 6) is 0. The van der Waals surface area contributed by atoms with Gasteiger partial charge < -0.3 is 9.74 Å². The van der Waals surface area contributed by atoms with Gasteiger partial charge in [0.05, 0.1) is 12.2 Å². The van der Waals surface area contributed by atoms with Crippen LogP contribution in [0.3, 0.4) is 0 Å². The van der Waals surface area contributed by atoms with Gasteiger partial charge in [-0.05, 0) is 68.5 Å². The van der Waals surface area contributed by atoms with Gasteiger partial charge in [-0.15, -0.1) is 0 Å². The van der Waals surface area contributed by atoms with Crippen molar-refractivity contribution >= 4 is 5.69 Å². The first-order valence-corrected chi connectivity index (χ1v) is 8.77. The minimum atomic E-state index is 0.684. The van der Waals surface area contributed by atoms with Crippen molar-refractivity contribution in [3.8, 4) is 0 Å². The van der Waals surface area contributed by atoms with E-state index in [0.717, 1.165) is 13.0 Å². The fraction of sp³-hybridized carbons (Fsp3) is 0.579. The van der Waals surface area contributed by atoms with E-state index in [1.165, 1.54) is 55.6 Å². The molecule has 3 nitrogen and oxygen atoms in total. The zero-order valence-corrected chi connectivity index (χ0v) is 13.9. The van der Waals surface area contributed by atoms with Gasteiger partial charge in [-0.3, -0.25) is 0 Å². The van der Waals surface area contributed by atoms with E-state index in [1.54, 1.807) is 6.26 Å². The zero-order chi connectivity index (χ0) is 15.4. The lowest BCUT2D eigenvalue weighted by Gasteiger charge is -2.36. The van der Waals surface area contributed by atoms with Crippen molar-refractivity contribution in [1.82, 2.24) is 4.90 Å². The van der Waals surface area contributed by atoms with Crippen molar-refractivity contribution in [2.75, 3.05) is 24.7 Å². The van der Waals surface area contributed by atoms with Crippen LogP contribution in [0.25, 0.3) is 0 Å². The second-order valence-corrected chi connectivity index (χ2v) is 6.39. The van der Waals surface area contributed by atoms with Gasteiger partial charge in [0.25, 0.3) is 0 Å². The standard InChI is InChI=1S/C19H28N2O/c1-3-11-20(12-4-2)17-10-9-16-7-5-8-19(18(16)15-17)21-13-6-14-22-21/h5-8,14,17H,3-4,9-13,15H2,1-2H3. The summed E-state index contributed by atoms with van der Waals surface area (Å²) in [6.45, 7) is 7.87. The quantitative estimate of drug-likeness (QED) is 0.791. The van der Waals surface area contributed by atoms with Crippen LogP contribution in [0.5, 0.6) is 0 Å². The van der Waals surface area contributed by atoms with Crippen LogP contribution in [0.15, 0.2) is 30.5 Å². The Bertz CT molecular complexity index is 512. The first-order valence-electron chi connectivity index (χ1n) is 8.77. The van der Waals surface area contributed by atoms with E-state index in [4.69, 9.17) is 4.84 Å². The maximum absolute atomic E-state index is 5.63. The highest BCUT2D eigenvalue weighted by Crippen LogP contribution is 2.33. The Kier molecular flexibility index (Phi) is 5.04. The Morgan fingerprint density at radius 2 is 2.05 bits per heavy atom. The number of hydrogen-bond acceptors (Lipinski definition) is 3. The van der Waals surface area contributed by atoms with Crippen molar-refractivity contribution in [1.29, 1.82) is 0 Å². The average molecular weight is 300 g/mol. The summed E-state index contributed by atoms with van der Waals surface area (Å²) in [6.07, 6.45) is 9.98. The Morgan fingerprint density at radius 3 is 2.73 bits per heavy atom. The number of hydrogen-bond donors (Lipinski definition) is 0. The summed E-state index contributed by atoms with van der Waals surface area (Å²) in [5.41, 5.74) is 4.28. The number of anilines is 1. The molecule has 0 saturated heterocycles. The lowest BCUT2D eigenvalue weighted by atomic mass is 9.86. The second kappa shape index (κ2) is 7.19. The highest BCUT2D eigenvalue weighted by atomic mass is 16.7. The van der Waals surface area contributed by atoms with E-state index in [2.05, 4.69) is 43.0 Å². The summed E-state index contributed by atoms with van der Waals surface area (Å²) in [5, 5.41) is 2.02. The number of aryl methyl sites for hydroxylation is 1. The van der Waals surface area contributed by atoms with E-state index in [0.29, 0.717) is 6.04 Å². The summed E-state index contributed by atoms with van der Waals surface area (Å²) >= 11 is 0. The molecule has 1 heterocycles. The van der Waals surface area contributed by atoms with Crippen LogP contribution in [0.1, 0.15) is 44.2 Å². The molecule has 120 valence electrons. The fourth-order valence-corrected chi connectivity index (χ4v) is 3.80. The molecule has 1 atom stereocenters. The molecule has 1 aliphatic carbocycles. The first kappa shape index (κ1) is 15.4. The normalized spacial score (nSPS) is 20.3. The third kappa shape index (κ3) is 3.14. The molecule has 0 aromatic heterocycles. The van der Waals surface area contributed by atoms with E-state index < -0.39 is 0 Å². The Balaban J connectivity index is 1.81. The lowest BCUT2D eigenvalue weighted by molar-refractivity contribution is 0.179. The molecule has 1 aromatic carbocycles. The molecule has 0 saturated carbocycles. The number of benzene rings is 1. The average Bonchev–Trinajstić information content (AvgIpc) is 3.08. The topological polar surface area (TPSA) is 15.7 Å². The number of nitrogens with zero attached hydrogens (tertiary/aromatic N) is 2. The van der Waals surface area contributed by atoms with Gasteiger partial charge in [0, 0.05) is 6.04 Å². The maximum atomic E-state index is 5.63. The van der Waals surface area contributed by atoms with Gasteiger partial charge in [-0.2, -0.15) is 0 Å². The third-order valence-electron chi connectivity index (χ3n) is 4.80. The van der Waals surface area contributed by atoms with Gasteiger partial charge in [0.15, 0.2) is 0 Å². The van der Waals surface area contributed by atoms with Crippen LogP contribution in [-0.4, -0.2) is 30.6 Å². The second-order valence-electron chi connectivity index (χ2n) is 6.39. The van der Waals surface area contributed by atoms with Crippen LogP contribution >= 0.6 is 0 Å². The predicted octanol–water partition coefficient (Wildman–Crippen LogP) is 3.93. The minimum Gasteiger partial charge on any atom is -0.387 e. The number of fused-ring (bicyclic) bond motifs is 1. The van der Waals surface area contributed by atoms with Crippen molar-refractivity contribution in [3.63, 3.8) is 0 Å². The SMILES string of the molecule is CCCN(CCC)C1CCc2cccc(N3CC=CO3)c2C1. The van der Waals surface area contributed by atoms with Gasteiger partial charge >= 0.3 is 0 Å². The van der Waals surface area contributed by atoms with Crippen LogP contribution in [0.4, 0.5) is 5.69 Å². The number of rotatable bonds is 6. The van der Waals surface area contributed by atoms with Crippen molar-refractivity contribution < 1.29 is 4.84 Å². The van der Waals surface area contributed by atoms with Crippen molar-refractivity contribution in [2.24, 2.45) is 0 Å². The van der Waals surface area contributed by atoms with E-state index >= 15 is 0 Å². The summed E-state index contributed by atoms with van der Waals surface area (Å²) in [6, 6.07) is 7.36. The van der Waals surface area contributed by atoms with Crippen LogP contribution in [0, 0.1) is 0 Å². The third-order valence-corrected chi connectivity index (χ3v) is 4.80. The molecule has 3 rings (SSSR count). The lowest BCUT2D eigenvalue weighted by Crippen LogP contribution is -2.40. The predicted molar refractivity (Wildman–Crippen MR) is 92.0 cm³/mol. The van der Waals surface area contributed by atoms with Gasteiger partial charge in [-0.1, -0.05) is 26.0 Å². The van der Waals surface area contributed by atoms with Gasteiger partial charge in [-0.25, -0.2) is 5.06 Å². The highest BCUT2D eigenvalue weighted by Gasteiger charge is 2.27. The molecule has 1 aromatic rings. The molecule has 3 heteroatoms. The molecular formula is C19H28N2O. The fourth-order valence-electron chi connectivity index (χ4n) is 3.80. The molecule has 1 unspecified atom stereocenters. The molecule has 1 aliphatic heterocycles. The molecule has 22 heavy (non-hydrogen) atoms. The van der Waals surface area contributed by atoms with Crippen LogP contribution in [0.2, 0.25) is 0 Å². The molecule has 0 amide bonds. The molecule has 0 N–H and O–H groups in total. The highest BCUT2D eigenvalue weighted by molar-refractivity contribution is 5.57. The van der Waals surface area contributed by atoms with Crippen molar-refractivity contribution in [3.05, 3.63) is 41.7 Å². The molecule has 0 spiro atoms. The summed E-state index contributed by atoms with van der Waals surface area (Å²) in [4.78, 5) is 8.33. The summed E-state index contributed by atoms with van der Waals surface area (Å²) in [7, 11) is 0. The zero-order valence-electron chi connectivity index (χ0n) is 13.9. The molecule has 2 aliphatic rings. The Hall–Kier alpha value is -1.48.